The maximum absolute atomic E-state index is 12.0. The highest BCUT2D eigenvalue weighted by Gasteiger charge is 2.34. The first-order valence-corrected chi connectivity index (χ1v) is 7.31. The van der Waals surface area contributed by atoms with Crippen molar-refractivity contribution in [3.8, 4) is 0 Å². The van der Waals surface area contributed by atoms with E-state index >= 15 is 0 Å². The fourth-order valence-electron chi connectivity index (χ4n) is 2.84. The van der Waals surface area contributed by atoms with Crippen molar-refractivity contribution in [1.82, 2.24) is 10.2 Å². The highest BCUT2D eigenvalue weighted by molar-refractivity contribution is 5.94. The number of nitrogens with zero attached hydrogens (tertiary/aromatic N) is 1. The molecule has 0 aromatic heterocycles. The molecule has 3 nitrogen and oxygen atoms in total. The molecule has 2 fully saturated rings. The monoisotopic (exact) mass is 258 g/mol. The molecule has 1 aromatic rings. The lowest BCUT2D eigenvalue weighted by Crippen LogP contribution is -2.31. The molecule has 0 unspecified atom stereocenters. The molecule has 0 bridgehead atoms. The summed E-state index contributed by atoms with van der Waals surface area (Å²) in [4.78, 5) is 14.6. The minimum Gasteiger partial charge on any atom is -0.352 e. The average Bonchev–Trinajstić information content (AvgIpc) is 3.16. The molecular weight excluding hydrogens is 236 g/mol. The van der Waals surface area contributed by atoms with Gasteiger partial charge in [-0.2, -0.15) is 0 Å². The Morgan fingerprint density at radius 3 is 2.68 bits per heavy atom. The van der Waals surface area contributed by atoms with E-state index in [9.17, 15) is 4.79 Å². The van der Waals surface area contributed by atoms with Gasteiger partial charge in [0.05, 0.1) is 0 Å². The lowest BCUT2D eigenvalue weighted by Gasteiger charge is -2.15. The van der Waals surface area contributed by atoms with E-state index in [-0.39, 0.29) is 5.91 Å². The van der Waals surface area contributed by atoms with E-state index in [1.54, 1.807) is 0 Å². The standard InChI is InChI=1S/C16H22N2O/c1-12-2-4-14(5-3-12)16(19)17-10-13-8-9-18(11-13)15-6-7-15/h2-5,13,15H,6-11H2,1H3,(H,17,19)/t13-/m1/s1. The number of carbonyl (C=O) groups excluding carboxylic acids is 1. The van der Waals surface area contributed by atoms with Gasteiger partial charge in [-0.1, -0.05) is 17.7 Å². The van der Waals surface area contributed by atoms with Crippen LogP contribution in [-0.4, -0.2) is 36.5 Å². The second-order valence-corrected chi connectivity index (χ2v) is 5.96. The lowest BCUT2D eigenvalue weighted by atomic mass is 10.1. The van der Waals surface area contributed by atoms with Gasteiger partial charge in [0.2, 0.25) is 0 Å². The molecule has 1 aliphatic heterocycles. The van der Waals surface area contributed by atoms with Crippen LogP contribution in [0.5, 0.6) is 0 Å². The largest absolute Gasteiger partial charge is 0.352 e. The van der Waals surface area contributed by atoms with E-state index in [4.69, 9.17) is 0 Å². The molecule has 1 N–H and O–H groups in total. The van der Waals surface area contributed by atoms with Gasteiger partial charge < -0.3 is 10.2 Å². The Hall–Kier alpha value is -1.35. The molecule has 1 heterocycles. The van der Waals surface area contributed by atoms with Crippen molar-refractivity contribution in [2.24, 2.45) is 5.92 Å². The average molecular weight is 258 g/mol. The van der Waals surface area contributed by atoms with Crippen LogP contribution in [0.25, 0.3) is 0 Å². The molecule has 3 heteroatoms. The van der Waals surface area contributed by atoms with Gasteiger partial charge in [0.15, 0.2) is 0 Å². The Morgan fingerprint density at radius 1 is 1.26 bits per heavy atom. The molecule has 1 aliphatic carbocycles. The topological polar surface area (TPSA) is 32.3 Å². The van der Waals surface area contributed by atoms with Crippen LogP contribution in [0.3, 0.4) is 0 Å². The summed E-state index contributed by atoms with van der Waals surface area (Å²) in [6.07, 6.45) is 3.98. The Labute approximate surface area is 115 Å². The summed E-state index contributed by atoms with van der Waals surface area (Å²) < 4.78 is 0. The van der Waals surface area contributed by atoms with Gasteiger partial charge in [-0.25, -0.2) is 0 Å². The van der Waals surface area contributed by atoms with E-state index in [0.29, 0.717) is 5.92 Å². The minimum absolute atomic E-state index is 0.0601. The third-order valence-electron chi connectivity index (χ3n) is 4.25. The van der Waals surface area contributed by atoms with Crippen molar-refractivity contribution >= 4 is 5.91 Å². The summed E-state index contributed by atoms with van der Waals surface area (Å²) in [5.41, 5.74) is 1.95. The van der Waals surface area contributed by atoms with Crippen LogP contribution in [0.1, 0.15) is 35.2 Å². The normalized spacial score (nSPS) is 23.5. The summed E-state index contributed by atoms with van der Waals surface area (Å²) in [5, 5.41) is 3.07. The van der Waals surface area contributed by atoms with Crippen LogP contribution in [0.4, 0.5) is 0 Å². The SMILES string of the molecule is Cc1ccc(C(=O)NC[C@H]2CCN(C3CC3)C2)cc1. The van der Waals surface area contributed by atoms with Crippen LogP contribution in [0.15, 0.2) is 24.3 Å². The zero-order chi connectivity index (χ0) is 13.2. The summed E-state index contributed by atoms with van der Waals surface area (Å²) in [6, 6.07) is 8.63. The molecule has 1 saturated heterocycles. The number of carbonyl (C=O) groups is 1. The van der Waals surface area contributed by atoms with E-state index in [1.165, 1.54) is 37.9 Å². The molecule has 1 atom stereocenters. The third-order valence-corrected chi connectivity index (χ3v) is 4.25. The number of hydrogen-bond acceptors (Lipinski definition) is 2. The number of aryl methyl sites for hydroxylation is 1. The molecule has 1 saturated carbocycles. The molecule has 0 spiro atoms. The van der Waals surface area contributed by atoms with Crippen molar-refractivity contribution in [3.63, 3.8) is 0 Å². The quantitative estimate of drug-likeness (QED) is 0.898. The number of nitrogens with one attached hydrogen (secondary N) is 1. The first kappa shape index (κ1) is 12.7. The number of amides is 1. The van der Waals surface area contributed by atoms with Crippen LogP contribution in [0.2, 0.25) is 0 Å². The molecule has 19 heavy (non-hydrogen) atoms. The van der Waals surface area contributed by atoms with E-state index in [0.717, 1.165) is 18.2 Å². The fourth-order valence-corrected chi connectivity index (χ4v) is 2.84. The van der Waals surface area contributed by atoms with E-state index in [2.05, 4.69) is 10.2 Å². The Bertz CT molecular complexity index is 450. The number of likely N-dealkylation sites (tertiary alicyclic amines) is 1. The predicted molar refractivity (Wildman–Crippen MR) is 76.2 cm³/mol. The first-order valence-electron chi connectivity index (χ1n) is 7.31. The van der Waals surface area contributed by atoms with Gasteiger partial charge >= 0.3 is 0 Å². The minimum atomic E-state index is 0.0601. The zero-order valence-electron chi connectivity index (χ0n) is 11.6. The van der Waals surface area contributed by atoms with Gasteiger partial charge in [-0.3, -0.25) is 4.79 Å². The maximum Gasteiger partial charge on any atom is 0.251 e. The third kappa shape index (κ3) is 3.16. The van der Waals surface area contributed by atoms with Gasteiger partial charge in [0.25, 0.3) is 5.91 Å². The van der Waals surface area contributed by atoms with Crippen LogP contribution >= 0.6 is 0 Å². The van der Waals surface area contributed by atoms with Crippen molar-refractivity contribution in [2.75, 3.05) is 19.6 Å². The number of benzene rings is 1. The predicted octanol–water partition coefficient (Wildman–Crippen LogP) is 2.21. The van der Waals surface area contributed by atoms with Crippen LogP contribution in [-0.2, 0) is 0 Å². The van der Waals surface area contributed by atoms with Crippen molar-refractivity contribution in [3.05, 3.63) is 35.4 Å². The van der Waals surface area contributed by atoms with E-state index < -0.39 is 0 Å². The lowest BCUT2D eigenvalue weighted by molar-refractivity contribution is 0.0947. The van der Waals surface area contributed by atoms with Gasteiger partial charge in [0, 0.05) is 24.7 Å². The highest BCUT2D eigenvalue weighted by Crippen LogP contribution is 2.31. The van der Waals surface area contributed by atoms with Gasteiger partial charge in [0.1, 0.15) is 0 Å². The smallest absolute Gasteiger partial charge is 0.251 e. The second kappa shape index (κ2) is 5.33. The summed E-state index contributed by atoms with van der Waals surface area (Å²) >= 11 is 0. The van der Waals surface area contributed by atoms with Crippen molar-refractivity contribution < 1.29 is 4.79 Å². The molecule has 0 radical (unpaired) electrons. The summed E-state index contributed by atoms with van der Waals surface area (Å²) in [6.45, 7) is 5.23. The molecule has 3 rings (SSSR count). The zero-order valence-corrected chi connectivity index (χ0v) is 11.6. The first-order chi connectivity index (χ1) is 9.22. The highest BCUT2D eigenvalue weighted by atomic mass is 16.1. The summed E-state index contributed by atoms with van der Waals surface area (Å²) in [7, 11) is 0. The molecule has 102 valence electrons. The maximum atomic E-state index is 12.0. The number of rotatable bonds is 4. The van der Waals surface area contributed by atoms with Crippen LogP contribution in [0, 0.1) is 12.8 Å². The Morgan fingerprint density at radius 2 is 2.00 bits per heavy atom. The molecule has 1 aromatic carbocycles. The number of hydrogen-bond donors (Lipinski definition) is 1. The molecular formula is C16H22N2O. The molecule has 1 amide bonds. The van der Waals surface area contributed by atoms with Gasteiger partial charge in [-0.15, -0.1) is 0 Å². The van der Waals surface area contributed by atoms with Crippen molar-refractivity contribution in [1.29, 1.82) is 0 Å². The van der Waals surface area contributed by atoms with Crippen LogP contribution < -0.4 is 5.32 Å². The second-order valence-electron chi connectivity index (χ2n) is 5.96. The van der Waals surface area contributed by atoms with Gasteiger partial charge in [-0.05, 0) is 50.8 Å². The Kier molecular flexibility index (Phi) is 3.56. The molecule has 2 aliphatic rings. The van der Waals surface area contributed by atoms with Crippen molar-refractivity contribution in [2.45, 2.75) is 32.2 Å². The van der Waals surface area contributed by atoms with E-state index in [1.807, 2.05) is 31.2 Å². The fraction of sp³-hybridized carbons (Fsp3) is 0.562. The summed E-state index contributed by atoms with van der Waals surface area (Å²) in [5.74, 6) is 0.694. The Balaban J connectivity index is 1.46.